The van der Waals surface area contributed by atoms with Crippen molar-refractivity contribution < 1.29 is 4.74 Å². The fourth-order valence-electron chi connectivity index (χ4n) is 1.72. The summed E-state index contributed by atoms with van der Waals surface area (Å²) in [6, 6.07) is 2.32. The van der Waals surface area contributed by atoms with Gasteiger partial charge in [0, 0.05) is 19.2 Å². The molecule has 4 nitrogen and oxygen atoms in total. The van der Waals surface area contributed by atoms with Gasteiger partial charge in [-0.1, -0.05) is 0 Å². The van der Waals surface area contributed by atoms with Gasteiger partial charge < -0.3 is 9.64 Å². The van der Waals surface area contributed by atoms with E-state index in [4.69, 9.17) is 4.74 Å². The Morgan fingerprint density at radius 3 is 3.20 bits per heavy atom. The molecule has 0 saturated carbocycles. The molecule has 1 unspecified atom stereocenters. The van der Waals surface area contributed by atoms with E-state index in [1.807, 2.05) is 6.07 Å². The molecule has 1 atom stereocenters. The predicted molar refractivity (Wildman–Crippen MR) is 62.0 cm³/mol. The smallest absolute Gasteiger partial charge is 0.133 e. The van der Waals surface area contributed by atoms with Crippen molar-refractivity contribution >= 4 is 21.7 Å². The van der Waals surface area contributed by atoms with Gasteiger partial charge in [0.2, 0.25) is 0 Å². The average molecular weight is 272 g/mol. The Hall–Kier alpha value is -0.680. The number of nitrogens with zero attached hydrogens (tertiary/aromatic N) is 3. The van der Waals surface area contributed by atoms with Gasteiger partial charge in [-0.25, -0.2) is 9.97 Å². The molecule has 1 aliphatic rings. The molecule has 0 radical (unpaired) electrons. The maximum Gasteiger partial charge on any atom is 0.133 e. The van der Waals surface area contributed by atoms with E-state index in [9.17, 15) is 0 Å². The standard InChI is InChI=1S/C10H14BrN3O/c1-8-6-15-4-2-3-14(8)10-5-9(11)12-7-13-10/h5,7-8H,2-4,6H2,1H3. The van der Waals surface area contributed by atoms with Crippen LogP contribution in [-0.2, 0) is 4.74 Å². The Morgan fingerprint density at radius 1 is 1.53 bits per heavy atom. The number of ether oxygens (including phenoxy) is 1. The van der Waals surface area contributed by atoms with Crippen molar-refractivity contribution in [3.8, 4) is 0 Å². The summed E-state index contributed by atoms with van der Waals surface area (Å²) in [7, 11) is 0. The first-order valence-corrected chi connectivity index (χ1v) is 5.88. The van der Waals surface area contributed by atoms with Crippen LogP contribution in [0.3, 0.4) is 0 Å². The third kappa shape index (κ3) is 2.66. The number of halogens is 1. The van der Waals surface area contributed by atoms with E-state index in [2.05, 4.69) is 37.7 Å². The summed E-state index contributed by atoms with van der Waals surface area (Å²) in [4.78, 5) is 10.6. The Bertz CT molecular complexity index is 334. The quantitative estimate of drug-likeness (QED) is 0.731. The minimum atomic E-state index is 0.370. The zero-order chi connectivity index (χ0) is 10.7. The molecule has 1 fully saturated rings. The van der Waals surface area contributed by atoms with Crippen LogP contribution in [0, 0.1) is 0 Å². The molecular weight excluding hydrogens is 258 g/mol. The second kappa shape index (κ2) is 4.90. The number of anilines is 1. The number of hydrogen-bond acceptors (Lipinski definition) is 4. The van der Waals surface area contributed by atoms with Crippen molar-refractivity contribution in [2.24, 2.45) is 0 Å². The van der Waals surface area contributed by atoms with Crippen LogP contribution in [0.4, 0.5) is 5.82 Å². The van der Waals surface area contributed by atoms with Gasteiger partial charge in [-0.3, -0.25) is 0 Å². The van der Waals surface area contributed by atoms with Crippen molar-refractivity contribution in [1.29, 1.82) is 0 Å². The van der Waals surface area contributed by atoms with Gasteiger partial charge in [-0.05, 0) is 29.3 Å². The van der Waals surface area contributed by atoms with Crippen LogP contribution in [0.25, 0.3) is 0 Å². The van der Waals surface area contributed by atoms with Gasteiger partial charge in [-0.15, -0.1) is 0 Å². The Balaban J connectivity index is 2.20. The Labute approximate surface area is 97.8 Å². The van der Waals surface area contributed by atoms with Crippen molar-refractivity contribution in [2.45, 2.75) is 19.4 Å². The van der Waals surface area contributed by atoms with E-state index < -0.39 is 0 Å². The van der Waals surface area contributed by atoms with Crippen LogP contribution in [0.2, 0.25) is 0 Å². The summed E-state index contributed by atoms with van der Waals surface area (Å²) >= 11 is 3.36. The fraction of sp³-hybridized carbons (Fsp3) is 0.600. The Morgan fingerprint density at radius 2 is 2.40 bits per heavy atom. The van der Waals surface area contributed by atoms with Crippen LogP contribution in [0.5, 0.6) is 0 Å². The molecule has 2 rings (SSSR count). The molecule has 5 heteroatoms. The maximum atomic E-state index is 5.49. The summed E-state index contributed by atoms with van der Waals surface area (Å²) in [6.45, 7) is 4.75. The van der Waals surface area contributed by atoms with E-state index in [0.717, 1.165) is 36.6 Å². The van der Waals surface area contributed by atoms with Crippen molar-refractivity contribution in [3.05, 3.63) is 17.0 Å². The van der Waals surface area contributed by atoms with Gasteiger partial charge in [0.05, 0.1) is 12.6 Å². The topological polar surface area (TPSA) is 38.2 Å². The molecule has 15 heavy (non-hydrogen) atoms. The summed E-state index contributed by atoms with van der Waals surface area (Å²) in [6.07, 6.45) is 2.63. The van der Waals surface area contributed by atoms with Gasteiger partial charge in [-0.2, -0.15) is 0 Å². The lowest BCUT2D eigenvalue weighted by Gasteiger charge is -2.27. The fourth-order valence-corrected chi connectivity index (χ4v) is 2.02. The SMILES string of the molecule is CC1COCCCN1c1cc(Br)ncn1. The molecule has 0 N–H and O–H groups in total. The minimum absolute atomic E-state index is 0.370. The van der Waals surface area contributed by atoms with E-state index in [-0.39, 0.29) is 0 Å². The number of rotatable bonds is 1. The summed E-state index contributed by atoms with van der Waals surface area (Å²) in [5.41, 5.74) is 0. The van der Waals surface area contributed by atoms with E-state index in [1.54, 1.807) is 6.33 Å². The second-order valence-corrected chi connectivity index (χ2v) is 4.48. The summed E-state index contributed by atoms with van der Waals surface area (Å²) < 4.78 is 6.32. The molecule has 0 aliphatic carbocycles. The largest absolute Gasteiger partial charge is 0.379 e. The highest BCUT2D eigenvalue weighted by atomic mass is 79.9. The lowest BCUT2D eigenvalue weighted by molar-refractivity contribution is 0.137. The zero-order valence-electron chi connectivity index (χ0n) is 8.69. The lowest BCUT2D eigenvalue weighted by Crippen LogP contribution is -2.35. The van der Waals surface area contributed by atoms with E-state index in [0.29, 0.717) is 6.04 Å². The van der Waals surface area contributed by atoms with Gasteiger partial charge in [0.1, 0.15) is 16.7 Å². The van der Waals surface area contributed by atoms with Crippen LogP contribution >= 0.6 is 15.9 Å². The highest BCUT2D eigenvalue weighted by Crippen LogP contribution is 2.19. The summed E-state index contributed by atoms with van der Waals surface area (Å²) in [5.74, 6) is 0.967. The molecular formula is C10H14BrN3O. The van der Waals surface area contributed by atoms with Gasteiger partial charge in [0.25, 0.3) is 0 Å². The highest BCUT2D eigenvalue weighted by molar-refractivity contribution is 9.10. The molecule has 1 aromatic rings. The summed E-state index contributed by atoms with van der Waals surface area (Å²) in [5, 5.41) is 0. The molecule has 0 bridgehead atoms. The molecule has 2 heterocycles. The average Bonchev–Trinajstić information content (AvgIpc) is 2.43. The van der Waals surface area contributed by atoms with Crippen LogP contribution in [-0.4, -0.2) is 35.8 Å². The molecule has 0 spiro atoms. The highest BCUT2D eigenvalue weighted by Gasteiger charge is 2.18. The van der Waals surface area contributed by atoms with Crippen LogP contribution in [0.1, 0.15) is 13.3 Å². The maximum absolute atomic E-state index is 5.49. The van der Waals surface area contributed by atoms with E-state index >= 15 is 0 Å². The third-order valence-electron chi connectivity index (χ3n) is 2.49. The molecule has 1 aromatic heterocycles. The van der Waals surface area contributed by atoms with Crippen molar-refractivity contribution in [3.63, 3.8) is 0 Å². The van der Waals surface area contributed by atoms with Crippen molar-refractivity contribution in [2.75, 3.05) is 24.7 Å². The predicted octanol–water partition coefficient (Wildman–Crippen LogP) is 1.85. The van der Waals surface area contributed by atoms with Crippen LogP contribution in [0.15, 0.2) is 17.0 Å². The molecule has 0 aromatic carbocycles. The molecule has 1 aliphatic heterocycles. The Kier molecular flexibility index (Phi) is 3.53. The first-order chi connectivity index (χ1) is 7.27. The molecule has 82 valence electrons. The third-order valence-corrected chi connectivity index (χ3v) is 2.93. The minimum Gasteiger partial charge on any atom is -0.379 e. The normalized spacial score (nSPS) is 22.5. The second-order valence-electron chi connectivity index (χ2n) is 3.67. The van der Waals surface area contributed by atoms with Gasteiger partial charge in [0.15, 0.2) is 0 Å². The lowest BCUT2D eigenvalue weighted by atomic mass is 10.3. The van der Waals surface area contributed by atoms with Crippen LogP contribution < -0.4 is 4.90 Å². The molecule has 0 amide bonds. The zero-order valence-corrected chi connectivity index (χ0v) is 10.3. The monoisotopic (exact) mass is 271 g/mol. The first kappa shape index (κ1) is 10.8. The van der Waals surface area contributed by atoms with Crippen molar-refractivity contribution in [1.82, 2.24) is 9.97 Å². The van der Waals surface area contributed by atoms with E-state index in [1.165, 1.54) is 0 Å². The molecule has 1 saturated heterocycles. The number of aromatic nitrogens is 2. The number of hydrogen-bond donors (Lipinski definition) is 0. The first-order valence-electron chi connectivity index (χ1n) is 5.09. The van der Waals surface area contributed by atoms with Gasteiger partial charge >= 0.3 is 0 Å².